The van der Waals surface area contributed by atoms with Crippen LogP contribution in [0.5, 0.6) is 5.88 Å². The second-order valence-corrected chi connectivity index (χ2v) is 7.76. The first-order valence-electron chi connectivity index (χ1n) is 10.1. The molecule has 3 aliphatic heterocycles. The van der Waals surface area contributed by atoms with E-state index < -0.39 is 12.1 Å². The van der Waals surface area contributed by atoms with Crippen LogP contribution in [0.4, 0.5) is 13.2 Å². The summed E-state index contributed by atoms with van der Waals surface area (Å²) >= 11 is 0. The van der Waals surface area contributed by atoms with E-state index in [1.165, 1.54) is 0 Å². The van der Waals surface area contributed by atoms with Gasteiger partial charge in [-0.05, 0) is 31.2 Å². The smallest absolute Gasteiger partial charge is 0.478 e. The van der Waals surface area contributed by atoms with E-state index in [4.69, 9.17) is 24.1 Å². The highest BCUT2D eigenvalue weighted by molar-refractivity contribution is 5.80. The number of alkyl halides is 3. The molecular weight excluding hydrogens is 421 g/mol. The van der Waals surface area contributed by atoms with Gasteiger partial charge in [-0.25, -0.2) is 9.78 Å². The summed E-state index contributed by atoms with van der Waals surface area (Å²) in [5.74, 6) is -1.36. The van der Waals surface area contributed by atoms with Gasteiger partial charge in [-0.2, -0.15) is 13.2 Å². The first kappa shape index (κ1) is 23.3. The number of aliphatic carboxylic acids is 1. The lowest BCUT2D eigenvalue weighted by molar-refractivity contribution is -0.192. The Labute approximate surface area is 177 Å². The van der Waals surface area contributed by atoms with Gasteiger partial charge in [0.1, 0.15) is 5.60 Å². The van der Waals surface area contributed by atoms with E-state index in [0.717, 1.165) is 39.0 Å². The predicted molar refractivity (Wildman–Crippen MR) is 100 cm³/mol. The number of hydrogen-bond donors (Lipinski definition) is 1. The Morgan fingerprint density at radius 1 is 1.26 bits per heavy atom. The number of carboxylic acids is 1. The van der Waals surface area contributed by atoms with Gasteiger partial charge in [0.15, 0.2) is 0 Å². The summed E-state index contributed by atoms with van der Waals surface area (Å²) in [6.45, 7) is 4.14. The summed E-state index contributed by atoms with van der Waals surface area (Å²) < 4.78 is 48.8. The molecule has 3 aliphatic rings. The van der Waals surface area contributed by atoms with E-state index in [2.05, 4.69) is 4.98 Å². The molecule has 172 valence electrons. The van der Waals surface area contributed by atoms with Crippen molar-refractivity contribution in [3.63, 3.8) is 0 Å². The number of carboxylic acid groups (broad SMARTS) is 1. The van der Waals surface area contributed by atoms with E-state index in [1.54, 1.807) is 6.20 Å². The normalized spacial score (nSPS) is 24.3. The van der Waals surface area contributed by atoms with Gasteiger partial charge in [0.05, 0.1) is 32.2 Å². The highest BCUT2D eigenvalue weighted by Gasteiger charge is 2.54. The van der Waals surface area contributed by atoms with Crippen molar-refractivity contribution in [3.8, 4) is 5.88 Å². The number of hydrogen-bond acceptors (Lipinski definition) is 6. The van der Waals surface area contributed by atoms with Gasteiger partial charge in [-0.1, -0.05) is 6.07 Å². The van der Waals surface area contributed by atoms with Crippen molar-refractivity contribution in [1.82, 2.24) is 9.88 Å². The first-order valence-corrected chi connectivity index (χ1v) is 10.1. The van der Waals surface area contributed by atoms with Crippen LogP contribution in [0.1, 0.15) is 19.3 Å². The van der Waals surface area contributed by atoms with Crippen molar-refractivity contribution >= 4 is 11.9 Å². The summed E-state index contributed by atoms with van der Waals surface area (Å²) in [4.78, 5) is 27.4. The SMILES string of the molecule is O=C(C1CCOC1)N1CC2(C1)OCCC2CCOc1ccccn1.O=C(O)C(F)(F)F. The molecule has 1 aromatic heterocycles. The van der Waals surface area contributed by atoms with E-state index in [-0.39, 0.29) is 17.4 Å². The third kappa shape index (κ3) is 5.85. The summed E-state index contributed by atoms with van der Waals surface area (Å²) in [5, 5.41) is 7.12. The maximum absolute atomic E-state index is 12.4. The zero-order valence-electron chi connectivity index (χ0n) is 16.8. The van der Waals surface area contributed by atoms with Crippen molar-refractivity contribution in [1.29, 1.82) is 0 Å². The minimum atomic E-state index is -5.08. The Kier molecular flexibility index (Phi) is 7.37. The molecule has 11 heteroatoms. The molecule has 1 amide bonds. The molecule has 31 heavy (non-hydrogen) atoms. The Morgan fingerprint density at radius 2 is 2.00 bits per heavy atom. The number of amides is 1. The first-order chi connectivity index (χ1) is 14.7. The molecular formula is C20H25F3N2O6. The molecule has 0 aliphatic carbocycles. The molecule has 0 saturated carbocycles. The fourth-order valence-corrected chi connectivity index (χ4v) is 4.02. The number of aromatic nitrogens is 1. The summed E-state index contributed by atoms with van der Waals surface area (Å²) in [5.41, 5.74) is -0.150. The van der Waals surface area contributed by atoms with E-state index in [0.29, 0.717) is 31.6 Å². The molecule has 0 radical (unpaired) electrons. The van der Waals surface area contributed by atoms with Crippen LogP contribution in [0.15, 0.2) is 24.4 Å². The number of pyridine rings is 1. The molecule has 3 saturated heterocycles. The quantitative estimate of drug-likeness (QED) is 0.740. The average molecular weight is 446 g/mol. The Bertz CT molecular complexity index is 749. The van der Waals surface area contributed by atoms with Crippen LogP contribution in [-0.4, -0.2) is 78.2 Å². The highest BCUT2D eigenvalue weighted by atomic mass is 19.4. The lowest BCUT2D eigenvalue weighted by Gasteiger charge is -2.50. The Hall–Kier alpha value is -2.40. The molecule has 2 atom stereocenters. The standard InChI is InChI=1S/C18H24N2O4.C2HF3O2/c21-17(14-4-8-22-11-14)20-12-18(13-20)15(6-10-24-18)5-9-23-16-3-1-2-7-19-16;3-2(4,5)1(6)7/h1-3,7,14-15H,4-6,8-13H2;(H,6,7). The third-order valence-corrected chi connectivity index (χ3v) is 5.70. The zero-order valence-corrected chi connectivity index (χ0v) is 16.8. The number of ether oxygens (including phenoxy) is 3. The van der Waals surface area contributed by atoms with Crippen LogP contribution >= 0.6 is 0 Å². The molecule has 1 aromatic rings. The molecule has 0 aromatic carbocycles. The predicted octanol–water partition coefficient (Wildman–Crippen LogP) is 2.14. The Balaban J connectivity index is 0.000000339. The third-order valence-electron chi connectivity index (χ3n) is 5.70. The minimum absolute atomic E-state index is 0.0506. The largest absolute Gasteiger partial charge is 0.490 e. The fraction of sp³-hybridized carbons (Fsp3) is 0.650. The lowest BCUT2D eigenvalue weighted by atomic mass is 9.78. The maximum Gasteiger partial charge on any atom is 0.490 e. The number of rotatable bonds is 5. The number of nitrogens with zero attached hydrogens (tertiary/aromatic N) is 2. The summed E-state index contributed by atoms with van der Waals surface area (Å²) in [6, 6.07) is 5.67. The molecule has 1 N–H and O–H groups in total. The summed E-state index contributed by atoms with van der Waals surface area (Å²) in [6.07, 6.45) is -0.520. The maximum atomic E-state index is 12.4. The molecule has 1 spiro atoms. The monoisotopic (exact) mass is 446 g/mol. The van der Waals surface area contributed by atoms with Crippen LogP contribution in [0.2, 0.25) is 0 Å². The van der Waals surface area contributed by atoms with Crippen LogP contribution in [0.25, 0.3) is 0 Å². The van der Waals surface area contributed by atoms with Crippen molar-refractivity contribution in [3.05, 3.63) is 24.4 Å². The van der Waals surface area contributed by atoms with Crippen molar-refractivity contribution in [2.45, 2.75) is 31.0 Å². The molecule has 8 nitrogen and oxygen atoms in total. The number of halogens is 3. The topological polar surface area (TPSA) is 98.2 Å². The zero-order chi connectivity index (χ0) is 22.5. The molecule has 4 heterocycles. The van der Waals surface area contributed by atoms with Crippen LogP contribution < -0.4 is 4.74 Å². The second kappa shape index (κ2) is 9.82. The fourth-order valence-electron chi connectivity index (χ4n) is 4.02. The van der Waals surface area contributed by atoms with Gasteiger partial charge in [-0.3, -0.25) is 4.79 Å². The number of carbonyl (C=O) groups excluding carboxylic acids is 1. The van der Waals surface area contributed by atoms with Gasteiger partial charge in [0, 0.05) is 25.5 Å². The number of carbonyl (C=O) groups is 2. The van der Waals surface area contributed by atoms with Crippen molar-refractivity contribution in [2.75, 3.05) is 39.5 Å². The second-order valence-electron chi connectivity index (χ2n) is 7.76. The van der Waals surface area contributed by atoms with Gasteiger partial charge in [0.25, 0.3) is 0 Å². The van der Waals surface area contributed by atoms with E-state index in [9.17, 15) is 18.0 Å². The molecule has 4 rings (SSSR count). The van der Waals surface area contributed by atoms with Crippen molar-refractivity contribution in [2.24, 2.45) is 11.8 Å². The number of likely N-dealkylation sites (tertiary alicyclic amines) is 1. The van der Waals surface area contributed by atoms with Gasteiger partial charge >= 0.3 is 12.1 Å². The van der Waals surface area contributed by atoms with E-state index in [1.807, 2.05) is 23.1 Å². The van der Waals surface area contributed by atoms with Crippen LogP contribution in [0, 0.1) is 11.8 Å². The summed E-state index contributed by atoms with van der Waals surface area (Å²) in [7, 11) is 0. The molecule has 2 unspecified atom stereocenters. The Morgan fingerprint density at radius 3 is 2.58 bits per heavy atom. The van der Waals surface area contributed by atoms with Gasteiger partial charge < -0.3 is 24.2 Å². The van der Waals surface area contributed by atoms with Gasteiger partial charge in [0.2, 0.25) is 11.8 Å². The van der Waals surface area contributed by atoms with Crippen LogP contribution in [-0.2, 0) is 19.1 Å². The van der Waals surface area contributed by atoms with Gasteiger partial charge in [-0.15, -0.1) is 0 Å². The minimum Gasteiger partial charge on any atom is -0.478 e. The average Bonchev–Trinajstić information content (AvgIpc) is 3.37. The molecule has 0 bridgehead atoms. The van der Waals surface area contributed by atoms with E-state index >= 15 is 0 Å². The molecule has 3 fully saturated rings. The lowest BCUT2D eigenvalue weighted by Crippen LogP contribution is -2.67. The highest BCUT2D eigenvalue weighted by Crippen LogP contribution is 2.42. The van der Waals surface area contributed by atoms with Crippen molar-refractivity contribution < 1.29 is 42.1 Å². The van der Waals surface area contributed by atoms with Crippen LogP contribution in [0.3, 0.4) is 0 Å².